The number of nitrogens with zero attached hydrogens (tertiary/aromatic N) is 1. The van der Waals surface area contributed by atoms with Gasteiger partial charge in [0.2, 0.25) is 0 Å². The van der Waals surface area contributed by atoms with Crippen LogP contribution in [0.3, 0.4) is 0 Å². The molecule has 0 fully saturated rings. The molecule has 110 valence electrons. The minimum atomic E-state index is -1.99. The molecule has 0 saturated carbocycles. The summed E-state index contributed by atoms with van der Waals surface area (Å²) in [6.07, 6.45) is -2.77. The maximum atomic E-state index is 12.1. The number of hydrogen-bond donors (Lipinski definition) is 3. The van der Waals surface area contributed by atoms with Crippen LogP contribution in [-0.4, -0.2) is 56.1 Å². The molecule has 8 heteroatoms. The first-order chi connectivity index (χ1) is 9.84. The van der Waals surface area contributed by atoms with Crippen molar-refractivity contribution in [3.05, 3.63) is 35.4 Å². The summed E-state index contributed by atoms with van der Waals surface area (Å²) in [5.41, 5.74) is 0.108. The van der Waals surface area contributed by atoms with Gasteiger partial charge < -0.3 is 15.3 Å². The molecule has 1 aromatic rings. The van der Waals surface area contributed by atoms with Crippen molar-refractivity contribution in [2.24, 2.45) is 0 Å². The molecule has 8 nitrogen and oxygen atoms in total. The van der Waals surface area contributed by atoms with E-state index in [0.717, 1.165) is 0 Å². The molecular weight excluding hydrogens is 282 g/mol. The minimum absolute atomic E-state index is 0.0542. The molecule has 3 N–H and O–H groups in total. The largest absolute Gasteiger partial charge is 0.480 e. The number of aliphatic carboxylic acids is 2. The maximum absolute atomic E-state index is 12.1. The number of carboxylic acid groups (broad SMARTS) is 2. The van der Waals surface area contributed by atoms with Crippen LogP contribution in [0.4, 0.5) is 0 Å². The van der Waals surface area contributed by atoms with Gasteiger partial charge in [-0.05, 0) is 12.1 Å². The lowest BCUT2D eigenvalue weighted by molar-refractivity contribution is -0.150. The molecule has 1 heterocycles. The van der Waals surface area contributed by atoms with E-state index in [1.165, 1.54) is 24.3 Å². The first-order valence-corrected chi connectivity index (χ1v) is 5.95. The van der Waals surface area contributed by atoms with E-state index >= 15 is 0 Å². The summed E-state index contributed by atoms with van der Waals surface area (Å²) in [4.78, 5) is 46.6. The number of hydrogen-bond acceptors (Lipinski definition) is 5. The Hall–Kier alpha value is -2.74. The molecule has 1 aliphatic rings. The van der Waals surface area contributed by atoms with Crippen LogP contribution < -0.4 is 0 Å². The van der Waals surface area contributed by atoms with Crippen LogP contribution >= 0.6 is 0 Å². The fourth-order valence-electron chi connectivity index (χ4n) is 2.12. The molecule has 0 aliphatic carbocycles. The van der Waals surface area contributed by atoms with Crippen LogP contribution in [0, 0.1) is 0 Å². The van der Waals surface area contributed by atoms with Gasteiger partial charge in [0.25, 0.3) is 11.8 Å². The van der Waals surface area contributed by atoms with Gasteiger partial charge in [0.1, 0.15) is 6.04 Å². The monoisotopic (exact) mass is 293 g/mol. The molecule has 0 radical (unpaired) electrons. The summed E-state index contributed by atoms with van der Waals surface area (Å²) in [6, 6.07) is 4.05. The second-order valence-corrected chi connectivity index (χ2v) is 4.47. The van der Waals surface area contributed by atoms with E-state index in [1.807, 2.05) is 0 Å². The van der Waals surface area contributed by atoms with E-state index in [0.29, 0.717) is 4.90 Å². The number of amides is 2. The number of carbonyl (C=O) groups excluding carboxylic acids is 2. The van der Waals surface area contributed by atoms with Gasteiger partial charge in [0, 0.05) is 6.42 Å². The second-order valence-electron chi connectivity index (χ2n) is 4.47. The molecule has 2 rings (SSSR count). The summed E-state index contributed by atoms with van der Waals surface area (Å²) < 4.78 is 0. The van der Waals surface area contributed by atoms with Crippen molar-refractivity contribution < 1.29 is 34.5 Å². The normalized spacial score (nSPS) is 16.5. The lowest BCUT2D eigenvalue weighted by atomic mass is 10.1. The summed E-state index contributed by atoms with van der Waals surface area (Å²) >= 11 is 0. The smallest absolute Gasteiger partial charge is 0.332 e. The molecule has 2 atom stereocenters. The number of imide groups is 1. The van der Waals surface area contributed by atoms with Gasteiger partial charge >= 0.3 is 11.9 Å². The Morgan fingerprint density at radius 3 is 1.86 bits per heavy atom. The van der Waals surface area contributed by atoms with E-state index in [2.05, 4.69) is 0 Å². The number of rotatable bonds is 5. The molecule has 0 unspecified atom stereocenters. The predicted octanol–water partition coefficient (Wildman–Crippen LogP) is -0.429. The third-order valence-electron chi connectivity index (χ3n) is 3.15. The average molecular weight is 293 g/mol. The summed E-state index contributed by atoms with van der Waals surface area (Å²) in [5, 5.41) is 27.0. The van der Waals surface area contributed by atoms with Crippen molar-refractivity contribution in [2.75, 3.05) is 0 Å². The maximum Gasteiger partial charge on any atom is 0.332 e. The van der Waals surface area contributed by atoms with Crippen molar-refractivity contribution in [3.63, 3.8) is 0 Å². The van der Waals surface area contributed by atoms with Crippen molar-refractivity contribution >= 4 is 23.8 Å². The van der Waals surface area contributed by atoms with E-state index in [1.54, 1.807) is 0 Å². The zero-order valence-electron chi connectivity index (χ0n) is 10.6. The Kier molecular flexibility index (Phi) is 3.72. The molecule has 0 bridgehead atoms. The highest BCUT2D eigenvalue weighted by Crippen LogP contribution is 2.26. The van der Waals surface area contributed by atoms with Crippen molar-refractivity contribution in [1.29, 1.82) is 0 Å². The third kappa shape index (κ3) is 2.48. The fraction of sp³-hybridized carbons (Fsp3) is 0.231. The van der Waals surface area contributed by atoms with Crippen LogP contribution in [0.1, 0.15) is 27.1 Å². The van der Waals surface area contributed by atoms with Gasteiger partial charge in [0.05, 0.1) is 11.1 Å². The van der Waals surface area contributed by atoms with Gasteiger partial charge in [-0.15, -0.1) is 0 Å². The lowest BCUT2D eigenvalue weighted by Crippen LogP contribution is -2.47. The molecular formula is C13H11NO7. The quantitative estimate of drug-likeness (QED) is 0.627. The number of aliphatic hydroxyl groups is 1. The lowest BCUT2D eigenvalue weighted by Gasteiger charge is -2.23. The zero-order valence-corrected chi connectivity index (χ0v) is 10.6. The van der Waals surface area contributed by atoms with Crippen molar-refractivity contribution in [2.45, 2.75) is 18.6 Å². The number of benzene rings is 1. The Labute approximate surface area is 118 Å². The highest BCUT2D eigenvalue weighted by atomic mass is 16.4. The summed E-state index contributed by atoms with van der Waals surface area (Å²) in [7, 11) is 0. The highest BCUT2D eigenvalue weighted by Gasteiger charge is 2.44. The first kappa shape index (κ1) is 14.7. The van der Waals surface area contributed by atoms with Crippen LogP contribution in [0.5, 0.6) is 0 Å². The van der Waals surface area contributed by atoms with Crippen LogP contribution in [-0.2, 0) is 9.59 Å². The van der Waals surface area contributed by atoms with Gasteiger partial charge in [-0.25, -0.2) is 9.59 Å². The third-order valence-corrected chi connectivity index (χ3v) is 3.15. The highest BCUT2D eigenvalue weighted by molar-refractivity contribution is 6.22. The molecule has 0 saturated heterocycles. The number of fused-ring (bicyclic) bond motifs is 1. The van der Waals surface area contributed by atoms with E-state index in [4.69, 9.17) is 10.2 Å². The summed E-state index contributed by atoms with van der Waals surface area (Å²) in [6.45, 7) is 0. The van der Waals surface area contributed by atoms with E-state index in [9.17, 15) is 24.3 Å². The Morgan fingerprint density at radius 1 is 1.00 bits per heavy atom. The molecule has 1 aliphatic heterocycles. The second kappa shape index (κ2) is 5.33. The standard InChI is InChI=1S/C13H11NO7/c15-9(13(20)21)5-8(12(18)19)14-10(16)6-3-1-2-4-7(6)11(14)17/h1-4,8-9,15H,5H2,(H,18,19)(H,20,21)/t8-,9+/m0/s1. The topological polar surface area (TPSA) is 132 Å². The Balaban J connectivity index is 2.35. The molecule has 21 heavy (non-hydrogen) atoms. The predicted molar refractivity (Wildman–Crippen MR) is 66.6 cm³/mol. The van der Waals surface area contributed by atoms with Crippen molar-refractivity contribution in [1.82, 2.24) is 4.90 Å². The van der Waals surface area contributed by atoms with Gasteiger partial charge in [-0.1, -0.05) is 12.1 Å². The average Bonchev–Trinajstić information content (AvgIpc) is 2.68. The SMILES string of the molecule is O=C(O)[C@H](O)C[C@@H](C(=O)O)N1C(=O)c2ccccc2C1=O. The number of carbonyl (C=O) groups is 4. The molecule has 0 spiro atoms. The van der Waals surface area contributed by atoms with Crippen LogP contribution in [0.25, 0.3) is 0 Å². The first-order valence-electron chi connectivity index (χ1n) is 5.95. The van der Waals surface area contributed by atoms with Gasteiger partial charge in [0.15, 0.2) is 6.10 Å². The molecule has 2 amide bonds. The number of carboxylic acids is 2. The van der Waals surface area contributed by atoms with E-state index in [-0.39, 0.29) is 11.1 Å². The van der Waals surface area contributed by atoms with Crippen LogP contribution in [0.2, 0.25) is 0 Å². The molecule has 0 aromatic heterocycles. The van der Waals surface area contributed by atoms with Gasteiger partial charge in [-0.3, -0.25) is 14.5 Å². The van der Waals surface area contributed by atoms with Crippen LogP contribution in [0.15, 0.2) is 24.3 Å². The Morgan fingerprint density at radius 2 is 1.48 bits per heavy atom. The Bertz CT molecular complexity index is 604. The number of aliphatic hydroxyl groups excluding tert-OH is 1. The van der Waals surface area contributed by atoms with E-state index < -0.39 is 42.3 Å². The summed E-state index contributed by atoms with van der Waals surface area (Å²) in [5.74, 6) is -4.83. The van der Waals surface area contributed by atoms with Crippen molar-refractivity contribution in [3.8, 4) is 0 Å². The zero-order chi connectivity index (χ0) is 15.7. The van der Waals surface area contributed by atoms with Gasteiger partial charge in [-0.2, -0.15) is 0 Å². The molecule has 1 aromatic carbocycles. The fourth-order valence-corrected chi connectivity index (χ4v) is 2.12. The minimum Gasteiger partial charge on any atom is -0.480 e.